The fourth-order valence-electron chi connectivity index (χ4n) is 5.10. The molecule has 274 valence electrons. The quantitative estimate of drug-likeness (QED) is 0.131. The Bertz CT molecular complexity index is 1800. The van der Waals surface area contributed by atoms with Crippen LogP contribution in [0.25, 0.3) is 33.6 Å². The molecule has 0 saturated carbocycles. The minimum absolute atomic E-state index is 0.0745. The third kappa shape index (κ3) is 9.01. The lowest BCUT2D eigenvalue weighted by Gasteiger charge is -2.37. The average molecular weight is 703 g/mol. The maximum absolute atomic E-state index is 13.5. The second-order valence-corrected chi connectivity index (χ2v) is 14.9. The molecule has 4 aromatic rings. The zero-order valence-corrected chi connectivity index (χ0v) is 31.3. The summed E-state index contributed by atoms with van der Waals surface area (Å²) in [7, 11) is 5.19. The molecule has 0 fully saturated rings. The highest BCUT2D eigenvalue weighted by molar-refractivity contribution is 5.89. The lowest BCUT2D eigenvalue weighted by Crippen LogP contribution is -2.57. The van der Waals surface area contributed by atoms with Crippen molar-refractivity contribution < 1.29 is 23.5 Å². The number of hydrogen-bond acceptors (Lipinski definition) is 7. The van der Waals surface area contributed by atoms with Gasteiger partial charge in [-0.2, -0.15) is 0 Å². The summed E-state index contributed by atoms with van der Waals surface area (Å²) in [6, 6.07) is 15.8. The number of likely N-dealkylation sites (N-methyl/N-ethyl adjacent to an activating group) is 2. The van der Waals surface area contributed by atoms with Crippen LogP contribution in [0.5, 0.6) is 0 Å². The van der Waals surface area contributed by atoms with Gasteiger partial charge in [-0.1, -0.05) is 69.3 Å². The van der Waals surface area contributed by atoms with Crippen molar-refractivity contribution in [2.75, 3.05) is 34.4 Å². The van der Waals surface area contributed by atoms with Gasteiger partial charge in [-0.3, -0.25) is 19.4 Å². The van der Waals surface area contributed by atoms with Crippen molar-refractivity contribution in [1.29, 1.82) is 0 Å². The maximum Gasteiger partial charge on any atom is 0.410 e. The van der Waals surface area contributed by atoms with E-state index in [-0.39, 0.29) is 12.5 Å². The van der Waals surface area contributed by atoms with Crippen molar-refractivity contribution >= 4 is 17.9 Å². The molecule has 2 heterocycles. The van der Waals surface area contributed by atoms with Crippen molar-refractivity contribution in [2.45, 2.75) is 72.1 Å². The van der Waals surface area contributed by atoms with Crippen LogP contribution in [0, 0.1) is 5.41 Å². The number of nitrogens with one attached hydrogen (secondary N) is 4. The topological polar surface area (TPSA) is 148 Å². The zero-order valence-electron chi connectivity index (χ0n) is 31.3. The molecule has 1 unspecified atom stereocenters. The number of carbonyl (C=O) groups excluding carboxylic acids is 3. The number of hydrogen-bond donors (Lipinski definition) is 4. The summed E-state index contributed by atoms with van der Waals surface area (Å²) < 4.78 is 17.4. The molecular formula is C38H51FN8O4. The van der Waals surface area contributed by atoms with E-state index in [9.17, 15) is 18.8 Å². The number of rotatable bonds is 13. The van der Waals surface area contributed by atoms with E-state index in [4.69, 9.17) is 4.74 Å². The first-order valence-electron chi connectivity index (χ1n) is 16.9. The molecule has 0 radical (unpaired) electrons. The fourth-order valence-corrected chi connectivity index (χ4v) is 5.10. The van der Waals surface area contributed by atoms with Crippen molar-refractivity contribution in [2.24, 2.45) is 5.41 Å². The normalized spacial score (nSPS) is 12.8. The molecule has 3 amide bonds. The van der Waals surface area contributed by atoms with E-state index in [1.807, 2.05) is 90.0 Å². The van der Waals surface area contributed by atoms with Crippen LogP contribution >= 0.6 is 0 Å². The standard InChI is InChI=1S/C38H51FN8O4/c1-36(2,3)31(45-34(49)38(6,7)47(10)35(50)51-20-19-39)32-41-22-29(44-32)27-17-13-25(14-18-27)24-11-15-26(16-12-24)28-21-40-30(43-28)23-42-33(48)37(4,5)46(8)9/h11-18,21-22,31H,19-20,23H2,1-10H3,(H,40,43)(H,41,44)(H,42,48)(H,45,49). The molecule has 2 aromatic heterocycles. The minimum Gasteiger partial charge on any atom is -0.447 e. The summed E-state index contributed by atoms with van der Waals surface area (Å²) in [6.07, 6.45) is 2.72. The Labute approximate surface area is 299 Å². The number of amides is 3. The third-order valence-corrected chi connectivity index (χ3v) is 9.42. The predicted molar refractivity (Wildman–Crippen MR) is 196 cm³/mol. The molecular weight excluding hydrogens is 651 g/mol. The average Bonchev–Trinajstić information content (AvgIpc) is 3.78. The Kier molecular flexibility index (Phi) is 11.8. The first kappa shape index (κ1) is 38.8. The van der Waals surface area contributed by atoms with Crippen molar-refractivity contribution in [3.8, 4) is 33.6 Å². The van der Waals surface area contributed by atoms with E-state index in [0.29, 0.717) is 18.2 Å². The summed E-state index contributed by atoms with van der Waals surface area (Å²) in [6.45, 7) is 12.1. The Morgan fingerprint density at radius 3 is 1.78 bits per heavy atom. The van der Waals surface area contributed by atoms with Crippen LogP contribution in [0.2, 0.25) is 0 Å². The van der Waals surface area contributed by atoms with Gasteiger partial charge < -0.3 is 25.3 Å². The van der Waals surface area contributed by atoms with Gasteiger partial charge in [0.2, 0.25) is 11.8 Å². The predicted octanol–water partition coefficient (Wildman–Crippen LogP) is 6.11. The van der Waals surface area contributed by atoms with E-state index < -0.39 is 41.2 Å². The van der Waals surface area contributed by atoms with Crippen LogP contribution in [0.1, 0.15) is 66.2 Å². The van der Waals surface area contributed by atoms with Crippen molar-refractivity contribution in [3.63, 3.8) is 0 Å². The molecule has 4 N–H and O–H groups in total. The van der Waals surface area contributed by atoms with Gasteiger partial charge in [0.15, 0.2) is 0 Å². The monoisotopic (exact) mass is 702 g/mol. The molecule has 0 aliphatic rings. The van der Waals surface area contributed by atoms with Gasteiger partial charge in [0.1, 0.15) is 30.5 Å². The highest BCUT2D eigenvalue weighted by atomic mass is 19.1. The Morgan fingerprint density at radius 2 is 1.27 bits per heavy atom. The molecule has 1 atom stereocenters. The van der Waals surface area contributed by atoms with Crippen LogP contribution in [-0.4, -0.2) is 93.1 Å². The number of aromatic amines is 2. The number of nitrogens with zero attached hydrogens (tertiary/aromatic N) is 4. The van der Waals surface area contributed by atoms with Gasteiger partial charge in [-0.25, -0.2) is 19.2 Å². The number of halogens is 1. The number of alkyl halides is 1. The highest BCUT2D eigenvalue weighted by Crippen LogP contribution is 2.34. The second-order valence-electron chi connectivity index (χ2n) is 14.9. The SMILES string of the molecule is CN(C)C(C)(C)C(=O)NCc1ncc(-c2ccc(-c3ccc(-c4cnc(C(NC(=O)C(C)(C)N(C)C(=O)OCCF)C(C)(C)C)[nH]4)cc3)cc2)[nH]1. The zero-order chi connectivity index (χ0) is 37.7. The molecule has 4 rings (SSSR count). The molecule has 51 heavy (non-hydrogen) atoms. The number of imidazole rings is 2. The van der Waals surface area contributed by atoms with Crippen LogP contribution in [0.3, 0.4) is 0 Å². The molecule has 0 aliphatic carbocycles. The summed E-state index contributed by atoms with van der Waals surface area (Å²) in [4.78, 5) is 57.2. The Balaban J connectivity index is 1.43. The summed E-state index contributed by atoms with van der Waals surface area (Å²) in [5.74, 6) is 0.771. The van der Waals surface area contributed by atoms with E-state index in [1.165, 1.54) is 7.05 Å². The lowest BCUT2D eigenvalue weighted by atomic mass is 9.85. The number of aromatic nitrogens is 4. The minimum atomic E-state index is -1.27. The highest BCUT2D eigenvalue weighted by Gasteiger charge is 2.40. The van der Waals surface area contributed by atoms with Crippen LogP contribution in [0.4, 0.5) is 9.18 Å². The first-order chi connectivity index (χ1) is 23.9. The van der Waals surface area contributed by atoms with Gasteiger partial charge in [0.05, 0.1) is 41.9 Å². The van der Waals surface area contributed by atoms with Crippen LogP contribution in [0.15, 0.2) is 60.9 Å². The first-order valence-corrected chi connectivity index (χ1v) is 16.9. The number of H-pyrrole nitrogens is 2. The molecule has 13 heteroatoms. The molecule has 0 bridgehead atoms. The van der Waals surface area contributed by atoms with E-state index >= 15 is 0 Å². The second kappa shape index (κ2) is 15.5. The molecule has 0 aliphatic heterocycles. The number of ether oxygens (including phenoxy) is 1. The summed E-state index contributed by atoms with van der Waals surface area (Å²) in [5.41, 5.74) is 3.31. The van der Waals surface area contributed by atoms with Crippen molar-refractivity contribution in [1.82, 2.24) is 40.4 Å². The van der Waals surface area contributed by atoms with E-state index in [1.54, 1.807) is 26.2 Å². The third-order valence-electron chi connectivity index (χ3n) is 9.42. The smallest absolute Gasteiger partial charge is 0.410 e. The van der Waals surface area contributed by atoms with Gasteiger partial charge in [-0.05, 0) is 69.5 Å². The van der Waals surface area contributed by atoms with E-state index in [2.05, 4.69) is 42.7 Å². The van der Waals surface area contributed by atoms with Gasteiger partial charge in [-0.15, -0.1) is 0 Å². The van der Waals surface area contributed by atoms with Crippen molar-refractivity contribution in [3.05, 3.63) is 72.6 Å². The molecule has 2 aromatic carbocycles. The molecule has 0 saturated heterocycles. The Morgan fingerprint density at radius 1 is 0.765 bits per heavy atom. The molecule has 0 spiro atoms. The maximum atomic E-state index is 13.5. The number of carbonyl (C=O) groups is 3. The largest absolute Gasteiger partial charge is 0.447 e. The van der Waals surface area contributed by atoms with Gasteiger partial charge in [0, 0.05) is 7.05 Å². The number of benzene rings is 2. The fraction of sp³-hybridized carbons (Fsp3) is 0.447. The lowest BCUT2D eigenvalue weighted by molar-refractivity contribution is -0.132. The summed E-state index contributed by atoms with van der Waals surface area (Å²) >= 11 is 0. The van der Waals surface area contributed by atoms with Gasteiger partial charge in [0.25, 0.3) is 0 Å². The summed E-state index contributed by atoms with van der Waals surface area (Å²) in [5, 5.41) is 6.01. The van der Waals surface area contributed by atoms with Crippen LogP contribution < -0.4 is 10.6 Å². The van der Waals surface area contributed by atoms with E-state index in [0.717, 1.165) is 38.5 Å². The Hall–Kier alpha value is -5.04. The molecule has 12 nitrogen and oxygen atoms in total. The van der Waals surface area contributed by atoms with Gasteiger partial charge >= 0.3 is 6.09 Å². The van der Waals surface area contributed by atoms with Crippen LogP contribution in [-0.2, 0) is 20.9 Å².